The van der Waals surface area contributed by atoms with E-state index in [4.69, 9.17) is 4.74 Å². The lowest BCUT2D eigenvalue weighted by molar-refractivity contribution is -0.384. The van der Waals surface area contributed by atoms with Crippen LogP contribution in [0.15, 0.2) is 22.5 Å². The zero-order chi connectivity index (χ0) is 16.8. The van der Waals surface area contributed by atoms with Gasteiger partial charge >= 0.3 is 0 Å². The predicted octanol–water partition coefficient (Wildman–Crippen LogP) is 3.82. The van der Waals surface area contributed by atoms with Crippen LogP contribution >= 0.6 is 23.1 Å². The Morgan fingerprint density at radius 2 is 2.22 bits per heavy atom. The molecule has 0 bridgehead atoms. The standard InChI is InChI=1S/C14H18N4O3S2/c1-9(2)7-15-13-16-17-14(23-13)22-8-10-6-11(18(19)20)4-5-12(10)21-3/h4-6,9H,7-8H2,1-3H3,(H,15,16). The van der Waals surface area contributed by atoms with E-state index in [9.17, 15) is 10.1 Å². The Kier molecular flexibility index (Phi) is 6.17. The first-order valence-corrected chi connectivity index (χ1v) is 8.81. The van der Waals surface area contributed by atoms with E-state index in [0.717, 1.165) is 21.6 Å². The molecule has 0 radical (unpaired) electrons. The van der Waals surface area contributed by atoms with E-state index in [2.05, 4.69) is 29.4 Å². The van der Waals surface area contributed by atoms with Crippen molar-refractivity contribution < 1.29 is 9.66 Å². The molecule has 0 aliphatic carbocycles. The molecule has 1 aromatic carbocycles. The van der Waals surface area contributed by atoms with Crippen LogP contribution in [0.25, 0.3) is 0 Å². The van der Waals surface area contributed by atoms with Crippen molar-refractivity contribution in [2.75, 3.05) is 19.0 Å². The van der Waals surface area contributed by atoms with Crippen molar-refractivity contribution in [3.05, 3.63) is 33.9 Å². The highest BCUT2D eigenvalue weighted by Crippen LogP contribution is 2.33. The molecule has 0 unspecified atom stereocenters. The lowest BCUT2D eigenvalue weighted by Gasteiger charge is -2.06. The first-order chi connectivity index (χ1) is 11.0. The van der Waals surface area contributed by atoms with Crippen molar-refractivity contribution in [1.29, 1.82) is 0 Å². The zero-order valence-electron chi connectivity index (χ0n) is 13.1. The van der Waals surface area contributed by atoms with Crippen LogP contribution in [0.1, 0.15) is 19.4 Å². The fourth-order valence-corrected chi connectivity index (χ4v) is 3.50. The molecule has 1 heterocycles. The van der Waals surface area contributed by atoms with E-state index in [1.165, 1.54) is 35.2 Å². The predicted molar refractivity (Wildman–Crippen MR) is 92.4 cm³/mol. The molecule has 1 aromatic heterocycles. The molecular weight excluding hydrogens is 336 g/mol. The minimum absolute atomic E-state index is 0.0537. The fraction of sp³-hybridized carbons (Fsp3) is 0.429. The van der Waals surface area contributed by atoms with Crippen molar-refractivity contribution >= 4 is 33.9 Å². The van der Waals surface area contributed by atoms with Gasteiger partial charge in [-0.3, -0.25) is 10.1 Å². The number of nitro groups is 1. The van der Waals surface area contributed by atoms with Crippen LogP contribution < -0.4 is 10.1 Å². The number of methoxy groups -OCH3 is 1. The van der Waals surface area contributed by atoms with Gasteiger partial charge < -0.3 is 10.1 Å². The summed E-state index contributed by atoms with van der Waals surface area (Å²) in [5.74, 6) is 1.69. The molecule has 7 nitrogen and oxygen atoms in total. The number of nitrogens with zero attached hydrogens (tertiary/aromatic N) is 3. The summed E-state index contributed by atoms with van der Waals surface area (Å²) < 4.78 is 6.07. The minimum atomic E-state index is -0.410. The normalized spacial score (nSPS) is 10.8. The van der Waals surface area contributed by atoms with Gasteiger partial charge in [0.05, 0.1) is 12.0 Å². The Labute approximate surface area is 142 Å². The quantitative estimate of drug-likeness (QED) is 0.438. The third-order valence-electron chi connectivity index (χ3n) is 2.89. The molecule has 23 heavy (non-hydrogen) atoms. The van der Waals surface area contributed by atoms with Crippen molar-refractivity contribution in [3.8, 4) is 5.75 Å². The van der Waals surface area contributed by atoms with Crippen LogP contribution in [0.2, 0.25) is 0 Å². The monoisotopic (exact) mass is 354 g/mol. The van der Waals surface area contributed by atoms with Crippen molar-refractivity contribution in [2.45, 2.75) is 23.9 Å². The third kappa shape index (κ3) is 5.07. The van der Waals surface area contributed by atoms with E-state index >= 15 is 0 Å². The van der Waals surface area contributed by atoms with Crippen LogP contribution in [0.5, 0.6) is 5.75 Å². The number of rotatable bonds is 8. The molecule has 0 aliphatic heterocycles. The Morgan fingerprint density at radius 1 is 1.43 bits per heavy atom. The lowest BCUT2D eigenvalue weighted by Crippen LogP contribution is -2.07. The first kappa shape index (κ1) is 17.5. The number of hydrogen-bond acceptors (Lipinski definition) is 8. The van der Waals surface area contributed by atoms with Crippen LogP contribution in [0.3, 0.4) is 0 Å². The summed E-state index contributed by atoms with van der Waals surface area (Å²) in [5, 5.41) is 23.1. The molecule has 1 N–H and O–H groups in total. The maximum absolute atomic E-state index is 10.9. The summed E-state index contributed by atoms with van der Waals surface area (Å²) in [6.07, 6.45) is 0. The van der Waals surface area contributed by atoms with E-state index in [1.807, 2.05) is 0 Å². The van der Waals surface area contributed by atoms with Crippen LogP contribution in [0, 0.1) is 16.0 Å². The summed E-state index contributed by atoms with van der Waals surface area (Å²) in [4.78, 5) is 10.5. The smallest absolute Gasteiger partial charge is 0.270 e. The van der Waals surface area contributed by atoms with Crippen LogP contribution in [-0.4, -0.2) is 28.8 Å². The van der Waals surface area contributed by atoms with Crippen molar-refractivity contribution in [2.24, 2.45) is 5.92 Å². The molecule has 2 rings (SSSR count). The number of benzene rings is 1. The number of anilines is 1. The maximum atomic E-state index is 10.9. The van der Waals surface area contributed by atoms with E-state index in [1.54, 1.807) is 13.2 Å². The van der Waals surface area contributed by atoms with Gasteiger partial charge in [-0.2, -0.15) is 0 Å². The molecule has 0 saturated carbocycles. The highest BCUT2D eigenvalue weighted by atomic mass is 32.2. The molecule has 0 saturated heterocycles. The summed E-state index contributed by atoms with van der Waals surface area (Å²) in [6.45, 7) is 5.09. The zero-order valence-corrected chi connectivity index (χ0v) is 14.7. The summed E-state index contributed by atoms with van der Waals surface area (Å²) in [7, 11) is 1.55. The number of hydrogen-bond donors (Lipinski definition) is 1. The largest absolute Gasteiger partial charge is 0.496 e. The number of aromatic nitrogens is 2. The molecule has 2 aromatic rings. The topological polar surface area (TPSA) is 90.2 Å². The summed E-state index contributed by atoms with van der Waals surface area (Å²) in [6, 6.07) is 4.58. The van der Waals surface area contributed by atoms with Gasteiger partial charge in [-0.1, -0.05) is 36.9 Å². The van der Waals surface area contributed by atoms with Crippen LogP contribution in [0.4, 0.5) is 10.8 Å². The van der Waals surface area contributed by atoms with Crippen molar-refractivity contribution in [1.82, 2.24) is 10.2 Å². The van der Waals surface area contributed by atoms with Crippen LogP contribution in [-0.2, 0) is 5.75 Å². The molecular formula is C14H18N4O3S2. The molecule has 0 spiro atoms. The van der Waals surface area contributed by atoms with Gasteiger partial charge in [-0.05, 0) is 12.0 Å². The van der Waals surface area contributed by atoms with E-state index in [0.29, 0.717) is 17.4 Å². The summed E-state index contributed by atoms with van der Waals surface area (Å²) in [5.41, 5.74) is 0.816. The maximum Gasteiger partial charge on any atom is 0.270 e. The number of nitro benzene ring substituents is 1. The molecule has 0 amide bonds. The van der Waals surface area contributed by atoms with Gasteiger partial charge in [-0.25, -0.2) is 0 Å². The van der Waals surface area contributed by atoms with Gasteiger partial charge in [0.1, 0.15) is 5.75 Å². The Bertz CT molecular complexity index is 676. The number of nitrogens with one attached hydrogen (secondary N) is 1. The van der Waals surface area contributed by atoms with Gasteiger partial charge in [0.15, 0.2) is 4.34 Å². The van der Waals surface area contributed by atoms with Gasteiger partial charge in [0.25, 0.3) is 5.69 Å². The van der Waals surface area contributed by atoms with E-state index in [-0.39, 0.29) is 5.69 Å². The fourth-order valence-electron chi connectivity index (χ4n) is 1.76. The lowest BCUT2D eigenvalue weighted by atomic mass is 10.2. The van der Waals surface area contributed by atoms with E-state index < -0.39 is 4.92 Å². The van der Waals surface area contributed by atoms with Gasteiger partial charge in [-0.15, -0.1) is 10.2 Å². The number of non-ortho nitro benzene ring substituents is 1. The first-order valence-electron chi connectivity index (χ1n) is 7.01. The third-order valence-corrected chi connectivity index (χ3v) is 4.96. The van der Waals surface area contributed by atoms with Gasteiger partial charge in [0.2, 0.25) is 5.13 Å². The van der Waals surface area contributed by atoms with Crippen molar-refractivity contribution in [3.63, 3.8) is 0 Å². The summed E-state index contributed by atoms with van der Waals surface area (Å²) >= 11 is 2.95. The molecule has 0 fully saturated rings. The Balaban J connectivity index is 2.02. The SMILES string of the molecule is COc1ccc([N+](=O)[O-])cc1CSc1nnc(NCC(C)C)s1. The average molecular weight is 354 g/mol. The minimum Gasteiger partial charge on any atom is -0.496 e. The average Bonchev–Trinajstić information content (AvgIpc) is 2.98. The highest BCUT2D eigenvalue weighted by Gasteiger charge is 2.13. The Morgan fingerprint density at radius 3 is 2.87 bits per heavy atom. The second-order valence-corrected chi connectivity index (χ2v) is 7.39. The number of ether oxygens (including phenoxy) is 1. The second-order valence-electron chi connectivity index (χ2n) is 5.19. The molecule has 0 aliphatic rings. The molecule has 124 valence electrons. The molecule has 9 heteroatoms. The highest BCUT2D eigenvalue weighted by molar-refractivity contribution is 8.00. The number of thioether (sulfide) groups is 1. The van der Waals surface area contributed by atoms with Gasteiger partial charge in [0, 0.05) is 30.0 Å². The molecule has 0 atom stereocenters. The Hall–Kier alpha value is -1.87. The second kappa shape index (κ2) is 8.11.